The van der Waals surface area contributed by atoms with Gasteiger partial charge in [-0.1, -0.05) is 30.3 Å². The highest BCUT2D eigenvalue weighted by atomic mass is 32.2. The number of hydrogen-bond acceptors (Lipinski definition) is 3. The fourth-order valence-electron chi connectivity index (χ4n) is 2.54. The minimum Gasteiger partial charge on any atom is -0.341 e. The Kier molecular flexibility index (Phi) is 7.51. The van der Waals surface area contributed by atoms with Crippen molar-refractivity contribution in [2.24, 2.45) is 0 Å². The maximum atomic E-state index is 13.0. The monoisotopic (exact) mass is 410 g/mol. The van der Waals surface area contributed by atoms with E-state index in [0.29, 0.717) is 5.69 Å². The highest BCUT2D eigenvalue weighted by Crippen LogP contribution is 2.32. The van der Waals surface area contributed by atoms with Crippen LogP contribution in [0.5, 0.6) is 0 Å². The van der Waals surface area contributed by atoms with Crippen LogP contribution in [0.25, 0.3) is 0 Å². The van der Waals surface area contributed by atoms with Crippen molar-refractivity contribution in [1.82, 2.24) is 4.90 Å². The van der Waals surface area contributed by atoms with Crippen LogP contribution in [0.1, 0.15) is 16.7 Å². The minimum absolute atomic E-state index is 0.00588. The van der Waals surface area contributed by atoms with Crippen molar-refractivity contribution in [1.29, 1.82) is 0 Å². The summed E-state index contributed by atoms with van der Waals surface area (Å²) >= 11 is 1.12. The van der Waals surface area contributed by atoms with Gasteiger partial charge >= 0.3 is 6.18 Å². The van der Waals surface area contributed by atoms with Gasteiger partial charge in [-0.15, -0.1) is 11.8 Å². The number of nitrogens with zero attached hydrogens (tertiary/aromatic N) is 1. The van der Waals surface area contributed by atoms with Gasteiger partial charge in [0.05, 0.1) is 17.1 Å². The zero-order valence-corrected chi connectivity index (χ0v) is 16.4. The number of carbonyl (C=O) groups excluding carboxylic acids is 2. The van der Waals surface area contributed by atoms with Crippen LogP contribution in [0.4, 0.5) is 18.9 Å². The predicted molar refractivity (Wildman–Crippen MR) is 105 cm³/mol. The van der Waals surface area contributed by atoms with Crippen LogP contribution in [-0.4, -0.2) is 35.3 Å². The Bertz CT molecular complexity index is 840. The van der Waals surface area contributed by atoms with Crippen LogP contribution in [-0.2, 0) is 22.3 Å². The van der Waals surface area contributed by atoms with Crippen LogP contribution < -0.4 is 5.32 Å². The summed E-state index contributed by atoms with van der Waals surface area (Å²) in [5.74, 6) is -0.503. The van der Waals surface area contributed by atoms with Crippen molar-refractivity contribution in [3.05, 3.63) is 65.2 Å². The van der Waals surface area contributed by atoms with Gasteiger partial charge in [0.2, 0.25) is 11.8 Å². The molecule has 4 nitrogen and oxygen atoms in total. The molecule has 0 aliphatic heterocycles. The molecule has 0 heterocycles. The molecule has 0 aliphatic carbocycles. The lowest BCUT2D eigenvalue weighted by Crippen LogP contribution is -2.29. The van der Waals surface area contributed by atoms with E-state index >= 15 is 0 Å². The molecular formula is C20H21F3N2O2S. The molecule has 0 spiro atoms. The molecule has 8 heteroatoms. The SMILES string of the molecule is Cc1cccc(NC(=O)CSCC(=O)N(C)Cc2ccccc2C(F)(F)F)c1. The number of nitrogens with one attached hydrogen (secondary N) is 1. The van der Waals surface area contributed by atoms with Crippen molar-refractivity contribution < 1.29 is 22.8 Å². The number of halogens is 3. The molecule has 28 heavy (non-hydrogen) atoms. The summed E-state index contributed by atoms with van der Waals surface area (Å²) in [7, 11) is 1.45. The van der Waals surface area contributed by atoms with Crippen LogP contribution in [0.2, 0.25) is 0 Å². The van der Waals surface area contributed by atoms with Crippen LogP contribution >= 0.6 is 11.8 Å². The second-order valence-electron chi connectivity index (χ2n) is 6.32. The first-order chi connectivity index (χ1) is 13.2. The molecular weight excluding hydrogens is 389 g/mol. The molecule has 2 amide bonds. The third kappa shape index (κ3) is 6.60. The Morgan fingerprint density at radius 2 is 1.79 bits per heavy atom. The second kappa shape index (κ2) is 9.64. The van der Waals surface area contributed by atoms with Crippen molar-refractivity contribution in [2.45, 2.75) is 19.6 Å². The van der Waals surface area contributed by atoms with Crippen LogP contribution in [0, 0.1) is 6.92 Å². The van der Waals surface area contributed by atoms with E-state index in [2.05, 4.69) is 5.32 Å². The fraction of sp³-hybridized carbons (Fsp3) is 0.300. The molecule has 0 aliphatic rings. The van der Waals surface area contributed by atoms with E-state index in [9.17, 15) is 22.8 Å². The summed E-state index contributed by atoms with van der Waals surface area (Å²) in [6.45, 7) is 1.76. The van der Waals surface area contributed by atoms with Gasteiger partial charge in [-0.2, -0.15) is 13.2 Å². The summed E-state index contributed by atoms with van der Waals surface area (Å²) < 4.78 is 39.1. The molecule has 150 valence electrons. The van der Waals surface area contributed by atoms with Gasteiger partial charge in [0.25, 0.3) is 0 Å². The van der Waals surface area contributed by atoms with Crippen molar-refractivity contribution in [2.75, 3.05) is 23.9 Å². The smallest absolute Gasteiger partial charge is 0.341 e. The molecule has 0 bridgehead atoms. The number of aryl methyl sites for hydroxylation is 1. The maximum absolute atomic E-state index is 13.0. The quantitative estimate of drug-likeness (QED) is 0.739. The molecule has 0 radical (unpaired) electrons. The summed E-state index contributed by atoms with van der Waals surface area (Å²) in [5, 5.41) is 2.74. The molecule has 1 N–H and O–H groups in total. The number of hydrogen-bond donors (Lipinski definition) is 1. The average molecular weight is 410 g/mol. The van der Waals surface area contributed by atoms with E-state index in [4.69, 9.17) is 0 Å². The molecule has 0 saturated heterocycles. The number of anilines is 1. The summed E-state index contributed by atoms with van der Waals surface area (Å²) in [4.78, 5) is 25.4. The van der Waals surface area contributed by atoms with Crippen LogP contribution in [0.3, 0.4) is 0 Å². The van der Waals surface area contributed by atoms with E-state index in [1.54, 1.807) is 6.07 Å². The number of rotatable bonds is 7. The summed E-state index contributed by atoms with van der Waals surface area (Å²) in [5.41, 5.74) is 0.979. The van der Waals surface area contributed by atoms with Gasteiger partial charge < -0.3 is 10.2 Å². The number of amides is 2. The first-order valence-electron chi connectivity index (χ1n) is 8.50. The largest absolute Gasteiger partial charge is 0.416 e. The fourth-order valence-corrected chi connectivity index (χ4v) is 3.29. The number of thioether (sulfide) groups is 1. The Morgan fingerprint density at radius 1 is 1.07 bits per heavy atom. The first kappa shape index (κ1) is 21.8. The standard InChI is InChI=1S/C20H21F3N2O2S/c1-14-6-5-8-16(10-14)24-18(26)12-28-13-19(27)25(2)11-15-7-3-4-9-17(15)20(21,22)23/h3-10H,11-13H2,1-2H3,(H,24,26). The lowest BCUT2D eigenvalue weighted by atomic mass is 10.1. The number of alkyl halides is 3. The topological polar surface area (TPSA) is 49.4 Å². The van der Waals surface area contributed by atoms with E-state index in [-0.39, 0.29) is 35.4 Å². The molecule has 0 fully saturated rings. The predicted octanol–water partition coefficient (Wildman–Crippen LogP) is 4.34. The Balaban J connectivity index is 1.82. The Hall–Kier alpha value is -2.48. The van der Waals surface area contributed by atoms with E-state index in [1.165, 1.54) is 30.1 Å². The molecule has 0 atom stereocenters. The lowest BCUT2D eigenvalue weighted by molar-refractivity contribution is -0.139. The van der Waals surface area contributed by atoms with Crippen molar-refractivity contribution in [3.63, 3.8) is 0 Å². The van der Waals surface area contributed by atoms with E-state index < -0.39 is 11.7 Å². The second-order valence-corrected chi connectivity index (χ2v) is 7.30. The van der Waals surface area contributed by atoms with Crippen molar-refractivity contribution in [3.8, 4) is 0 Å². The highest BCUT2D eigenvalue weighted by molar-refractivity contribution is 8.00. The highest BCUT2D eigenvalue weighted by Gasteiger charge is 2.33. The zero-order valence-electron chi connectivity index (χ0n) is 15.5. The molecule has 2 aromatic carbocycles. The number of carbonyl (C=O) groups is 2. The van der Waals surface area contributed by atoms with Gasteiger partial charge in [-0.25, -0.2) is 0 Å². The summed E-state index contributed by atoms with van der Waals surface area (Å²) in [6.07, 6.45) is -4.47. The van der Waals surface area contributed by atoms with Gasteiger partial charge in [0, 0.05) is 19.3 Å². The van der Waals surface area contributed by atoms with Gasteiger partial charge in [0.1, 0.15) is 0 Å². The van der Waals surface area contributed by atoms with E-state index in [0.717, 1.165) is 23.4 Å². The molecule has 0 aromatic heterocycles. The zero-order chi connectivity index (χ0) is 20.7. The third-order valence-electron chi connectivity index (χ3n) is 3.92. The normalized spacial score (nSPS) is 11.2. The Labute approximate surface area is 166 Å². The molecule has 2 aromatic rings. The van der Waals surface area contributed by atoms with Crippen LogP contribution in [0.15, 0.2) is 48.5 Å². The Morgan fingerprint density at radius 3 is 2.46 bits per heavy atom. The molecule has 0 saturated carbocycles. The lowest BCUT2D eigenvalue weighted by Gasteiger charge is -2.20. The van der Waals surface area contributed by atoms with Crippen molar-refractivity contribution >= 4 is 29.3 Å². The molecule has 2 rings (SSSR count). The van der Waals surface area contributed by atoms with Gasteiger partial charge in [0.15, 0.2) is 0 Å². The van der Waals surface area contributed by atoms with Gasteiger partial charge in [-0.05, 0) is 36.2 Å². The molecule has 0 unspecified atom stereocenters. The third-order valence-corrected chi connectivity index (χ3v) is 4.83. The minimum atomic E-state index is -4.47. The first-order valence-corrected chi connectivity index (χ1v) is 9.65. The van der Waals surface area contributed by atoms with Gasteiger partial charge in [-0.3, -0.25) is 9.59 Å². The maximum Gasteiger partial charge on any atom is 0.416 e. The van der Waals surface area contributed by atoms with E-state index in [1.807, 2.05) is 25.1 Å². The summed E-state index contributed by atoms with van der Waals surface area (Å²) in [6, 6.07) is 12.5. The number of benzene rings is 2. The average Bonchev–Trinajstić information content (AvgIpc) is 2.61.